The predicted octanol–water partition coefficient (Wildman–Crippen LogP) is 4.10. The van der Waals surface area contributed by atoms with E-state index >= 15 is 0 Å². The molecule has 1 fully saturated rings. The Labute approximate surface area is 159 Å². The first-order valence-corrected chi connectivity index (χ1v) is 9.21. The van der Waals surface area contributed by atoms with Gasteiger partial charge in [0.05, 0.1) is 11.8 Å². The van der Waals surface area contributed by atoms with E-state index in [4.69, 9.17) is 4.74 Å². The van der Waals surface area contributed by atoms with E-state index in [0.29, 0.717) is 13.1 Å². The number of nitrogens with zero attached hydrogens (tertiary/aromatic N) is 2. The average Bonchev–Trinajstić information content (AvgIpc) is 3.16. The molecule has 0 saturated carbocycles. The van der Waals surface area contributed by atoms with Gasteiger partial charge in [-0.2, -0.15) is 0 Å². The summed E-state index contributed by atoms with van der Waals surface area (Å²) in [7, 11) is 3.97. The number of carbonyl (C=O) groups is 1. The first-order valence-electron chi connectivity index (χ1n) is 9.21. The Bertz CT molecular complexity index is 758. The highest BCUT2D eigenvalue weighted by Gasteiger charge is 2.23. The van der Waals surface area contributed by atoms with Crippen molar-refractivity contribution in [3.05, 3.63) is 59.9 Å². The van der Waals surface area contributed by atoms with Gasteiger partial charge in [0.1, 0.15) is 5.82 Å². The SMILES string of the molecule is CN(C)c1ccc(CN(C[C@H]2CCCO2)C(=O)Nc2ccccc2F)cc1. The Balaban J connectivity index is 1.73. The molecule has 0 radical (unpaired) electrons. The van der Waals surface area contributed by atoms with Crippen LogP contribution in [0, 0.1) is 5.82 Å². The second kappa shape index (κ2) is 8.86. The fraction of sp³-hybridized carbons (Fsp3) is 0.381. The van der Waals surface area contributed by atoms with E-state index in [0.717, 1.165) is 30.7 Å². The minimum absolute atomic E-state index is 0.0254. The average molecular weight is 371 g/mol. The van der Waals surface area contributed by atoms with E-state index < -0.39 is 5.82 Å². The van der Waals surface area contributed by atoms with E-state index in [1.807, 2.05) is 43.3 Å². The summed E-state index contributed by atoms with van der Waals surface area (Å²) in [5, 5.41) is 2.68. The quantitative estimate of drug-likeness (QED) is 0.831. The third kappa shape index (κ3) is 5.20. The third-order valence-electron chi connectivity index (χ3n) is 4.68. The van der Waals surface area contributed by atoms with Crippen LogP contribution < -0.4 is 10.2 Å². The Kier molecular flexibility index (Phi) is 6.29. The van der Waals surface area contributed by atoms with Crippen LogP contribution in [0.15, 0.2) is 48.5 Å². The highest BCUT2D eigenvalue weighted by atomic mass is 19.1. The van der Waals surface area contributed by atoms with Crippen molar-refractivity contribution in [3.8, 4) is 0 Å². The van der Waals surface area contributed by atoms with Crippen LogP contribution in [0.5, 0.6) is 0 Å². The molecule has 2 aromatic rings. The number of anilines is 2. The van der Waals surface area contributed by atoms with Gasteiger partial charge in [0.2, 0.25) is 0 Å². The zero-order chi connectivity index (χ0) is 19.2. The maximum atomic E-state index is 13.9. The normalized spacial score (nSPS) is 16.2. The fourth-order valence-electron chi connectivity index (χ4n) is 3.13. The van der Waals surface area contributed by atoms with Crippen LogP contribution in [0.25, 0.3) is 0 Å². The number of hydrogen-bond donors (Lipinski definition) is 1. The molecule has 144 valence electrons. The molecular weight excluding hydrogens is 345 g/mol. The summed E-state index contributed by atoms with van der Waals surface area (Å²) < 4.78 is 19.6. The van der Waals surface area contributed by atoms with Crippen LogP contribution in [0.4, 0.5) is 20.6 Å². The first-order chi connectivity index (χ1) is 13.0. The molecule has 1 N–H and O–H groups in total. The van der Waals surface area contributed by atoms with Gasteiger partial charge in [-0.25, -0.2) is 9.18 Å². The van der Waals surface area contributed by atoms with Gasteiger partial charge in [-0.3, -0.25) is 0 Å². The molecule has 2 amide bonds. The minimum atomic E-state index is -0.446. The number of halogens is 1. The number of ether oxygens (including phenoxy) is 1. The molecule has 0 spiro atoms. The van der Waals surface area contributed by atoms with Crippen LogP contribution in [0.2, 0.25) is 0 Å². The van der Waals surface area contributed by atoms with Gasteiger partial charge in [-0.05, 0) is 42.7 Å². The van der Waals surface area contributed by atoms with E-state index in [1.54, 1.807) is 23.1 Å². The van der Waals surface area contributed by atoms with Gasteiger partial charge in [-0.1, -0.05) is 24.3 Å². The van der Waals surface area contributed by atoms with Crippen LogP contribution in [0.3, 0.4) is 0 Å². The third-order valence-corrected chi connectivity index (χ3v) is 4.68. The molecule has 2 aromatic carbocycles. The number of carbonyl (C=O) groups excluding carboxylic acids is 1. The maximum absolute atomic E-state index is 13.9. The van der Waals surface area contributed by atoms with Crippen LogP contribution >= 0.6 is 0 Å². The molecule has 1 saturated heterocycles. The Morgan fingerprint density at radius 2 is 1.93 bits per heavy atom. The van der Waals surface area contributed by atoms with Crippen LogP contribution in [-0.2, 0) is 11.3 Å². The second-order valence-corrected chi connectivity index (χ2v) is 6.99. The van der Waals surface area contributed by atoms with E-state index in [-0.39, 0.29) is 17.8 Å². The molecule has 27 heavy (non-hydrogen) atoms. The zero-order valence-electron chi connectivity index (χ0n) is 15.8. The lowest BCUT2D eigenvalue weighted by molar-refractivity contribution is 0.0819. The summed E-state index contributed by atoms with van der Waals surface area (Å²) >= 11 is 0. The molecule has 5 nitrogen and oxygen atoms in total. The predicted molar refractivity (Wildman–Crippen MR) is 106 cm³/mol. The lowest BCUT2D eigenvalue weighted by Crippen LogP contribution is -2.39. The van der Waals surface area contributed by atoms with Gasteiger partial charge < -0.3 is 19.9 Å². The molecule has 0 bridgehead atoms. The van der Waals surface area contributed by atoms with E-state index in [1.165, 1.54) is 6.07 Å². The number of para-hydroxylation sites is 1. The molecule has 1 aliphatic heterocycles. The van der Waals surface area contributed by atoms with Crippen molar-refractivity contribution >= 4 is 17.4 Å². The van der Waals surface area contributed by atoms with Gasteiger partial charge in [-0.15, -0.1) is 0 Å². The topological polar surface area (TPSA) is 44.8 Å². The van der Waals surface area contributed by atoms with Crippen molar-refractivity contribution in [1.29, 1.82) is 0 Å². The minimum Gasteiger partial charge on any atom is -0.378 e. The maximum Gasteiger partial charge on any atom is 0.322 e. The molecule has 0 aliphatic carbocycles. The summed E-state index contributed by atoms with van der Waals surface area (Å²) in [6, 6.07) is 13.9. The largest absolute Gasteiger partial charge is 0.378 e. The van der Waals surface area contributed by atoms with Crippen molar-refractivity contribution in [2.75, 3.05) is 37.5 Å². The zero-order valence-corrected chi connectivity index (χ0v) is 15.8. The molecule has 3 rings (SSSR count). The molecule has 1 heterocycles. The van der Waals surface area contributed by atoms with Gasteiger partial charge in [0, 0.05) is 39.5 Å². The smallest absolute Gasteiger partial charge is 0.322 e. The number of amides is 2. The number of benzene rings is 2. The van der Waals surface area contributed by atoms with Crippen molar-refractivity contribution < 1.29 is 13.9 Å². The molecule has 1 aliphatic rings. The van der Waals surface area contributed by atoms with E-state index in [2.05, 4.69) is 5.32 Å². The molecular formula is C21H26FN3O2. The van der Waals surface area contributed by atoms with E-state index in [9.17, 15) is 9.18 Å². The molecule has 0 unspecified atom stereocenters. The number of rotatable bonds is 6. The highest BCUT2D eigenvalue weighted by Crippen LogP contribution is 2.19. The van der Waals surface area contributed by atoms with Crippen molar-refractivity contribution in [1.82, 2.24) is 4.90 Å². The summed E-state index contributed by atoms with van der Waals surface area (Å²) in [6.07, 6.45) is 1.96. The second-order valence-electron chi connectivity index (χ2n) is 6.99. The summed E-state index contributed by atoms with van der Waals surface area (Å²) in [4.78, 5) is 16.5. The van der Waals surface area contributed by atoms with Crippen molar-refractivity contribution in [3.63, 3.8) is 0 Å². The van der Waals surface area contributed by atoms with Gasteiger partial charge in [0.25, 0.3) is 0 Å². The number of urea groups is 1. The summed E-state index contributed by atoms with van der Waals surface area (Å²) in [6.45, 7) is 1.65. The summed E-state index contributed by atoms with van der Waals surface area (Å²) in [5.74, 6) is -0.446. The molecule has 6 heteroatoms. The standard InChI is InChI=1S/C21H26FN3O2/c1-24(2)17-11-9-16(10-12-17)14-25(15-18-6-5-13-27-18)21(26)23-20-8-4-3-7-19(20)22/h3-4,7-12,18H,5-6,13-15H2,1-2H3,(H,23,26)/t18-/m1/s1. The van der Waals surface area contributed by atoms with Crippen LogP contribution in [-0.4, -0.2) is 44.3 Å². The lowest BCUT2D eigenvalue weighted by Gasteiger charge is -2.26. The van der Waals surface area contributed by atoms with Crippen molar-refractivity contribution in [2.24, 2.45) is 0 Å². The first kappa shape index (κ1) is 19.2. The summed E-state index contributed by atoms with van der Waals surface area (Å²) in [5.41, 5.74) is 2.30. The monoisotopic (exact) mass is 371 g/mol. The fourth-order valence-corrected chi connectivity index (χ4v) is 3.13. The Morgan fingerprint density at radius 1 is 1.19 bits per heavy atom. The van der Waals surface area contributed by atoms with Gasteiger partial charge in [0.15, 0.2) is 0 Å². The van der Waals surface area contributed by atoms with Gasteiger partial charge >= 0.3 is 6.03 Å². The molecule has 1 atom stereocenters. The highest BCUT2D eigenvalue weighted by molar-refractivity contribution is 5.89. The number of nitrogens with one attached hydrogen (secondary N) is 1. The molecule has 0 aromatic heterocycles. The number of hydrogen-bond acceptors (Lipinski definition) is 3. The van der Waals surface area contributed by atoms with Crippen LogP contribution in [0.1, 0.15) is 18.4 Å². The Morgan fingerprint density at radius 3 is 2.56 bits per heavy atom. The van der Waals surface area contributed by atoms with Crippen molar-refractivity contribution in [2.45, 2.75) is 25.5 Å². The lowest BCUT2D eigenvalue weighted by atomic mass is 10.1. The Hall–Kier alpha value is -2.60.